The maximum Gasteiger partial charge on any atom is 0.140 e. The monoisotopic (exact) mass is 489 g/mol. The Balaban J connectivity index is 1.43. The highest BCUT2D eigenvalue weighted by atomic mass is 16.5. The van der Waals surface area contributed by atoms with Crippen LogP contribution in [0.5, 0.6) is 0 Å². The summed E-state index contributed by atoms with van der Waals surface area (Å²) < 4.78 is 16.8. The number of hydrogen-bond donors (Lipinski definition) is 0. The van der Waals surface area contributed by atoms with Gasteiger partial charge in [0.25, 0.3) is 0 Å². The molecular formula is C30H51NO4. The number of piperidine rings is 1. The molecule has 0 atom stereocenters. The summed E-state index contributed by atoms with van der Waals surface area (Å²) in [5.41, 5.74) is 2.98. The van der Waals surface area contributed by atoms with Crippen molar-refractivity contribution in [2.45, 2.75) is 73.6 Å². The minimum Gasteiger partial charge on any atom is -0.379 e. The molecule has 5 heteroatoms. The maximum absolute atomic E-state index is 11.8. The zero-order valence-electron chi connectivity index (χ0n) is 23.4. The molecule has 0 saturated carbocycles. The van der Waals surface area contributed by atoms with Crippen LogP contribution in [0.25, 0.3) is 0 Å². The van der Waals surface area contributed by atoms with Crippen LogP contribution in [0.2, 0.25) is 0 Å². The van der Waals surface area contributed by atoms with Crippen molar-refractivity contribution in [3.05, 3.63) is 35.4 Å². The molecule has 0 aliphatic carbocycles. The van der Waals surface area contributed by atoms with Crippen LogP contribution >= 0.6 is 0 Å². The summed E-state index contributed by atoms with van der Waals surface area (Å²) in [6, 6.07) is 9.31. The molecule has 0 N–H and O–H groups in total. The number of Topliss-reactive ketones (excluding diaryl/α,β-unsaturated/α-hetero) is 1. The summed E-state index contributed by atoms with van der Waals surface area (Å²) in [7, 11) is 0. The van der Waals surface area contributed by atoms with E-state index < -0.39 is 0 Å². The van der Waals surface area contributed by atoms with Gasteiger partial charge in [-0.1, -0.05) is 65.8 Å². The number of nitrogens with zero attached hydrogens (tertiary/aromatic N) is 1. The van der Waals surface area contributed by atoms with E-state index >= 15 is 0 Å². The number of hydrogen-bond acceptors (Lipinski definition) is 5. The lowest BCUT2D eigenvalue weighted by atomic mass is 9.86. The summed E-state index contributed by atoms with van der Waals surface area (Å²) in [4.78, 5) is 14.3. The second-order valence-electron chi connectivity index (χ2n) is 12.3. The van der Waals surface area contributed by atoms with E-state index in [2.05, 4.69) is 49.9 Å². The van der Waals surface area contributed by atoms with Crippen LogP contribution < -0.4 is 0 Å². The van der Waals surface area contributed by atoms with Crippen molar-refractivity contribution in [3.63, 3.8) is 0 Å². The van der Waals surface area contributed by atoms with E-state index in [9.17, 15) is 4.79 Å². The van der Waals surface area contributed by atoms with Gasteiger partial charge >= 0.3 is 0 Å². The molecular weight excluding hydrogens is 438 g/mol. The Hall–Kier alpha value is -1.27. The molecule has 35 heavy (non-hydrogen) atoms. The number of likely N-dealkylation sites (tertiary alicyclic amines) is 1. The van der Waals surface area contributed by atoms with Crippen LogP contribution in [0.15, 0.2) is 24.3 Å². The first-order valence-electron chi connectivity index (χ1n) is 13.6. The molecule has 1 fully saturated rings. The summed E-state index contributed by atoms with van der Waals surface area (Å²) in [5.74, 6) is 1.03. The number of carbonyl (C=O) groups excluding carboxylic acids is 1. The van der Waals surface area contributed by atoms with Crippen molar-refractivity contribution in [1.82, 2.24) is 4.90 Å². The lowest BCUT2D eigenvalue weighted by Crippen LogP contribution is -2.36. The average molecular weight is 490 g/mol. The van der Waals surface area contributed by atoms with E-state index in [4.69, 9.17) is 14.2 Å². The first kappa shape index (κ1) is 30.0. The molecule has 200 valence electrons. The average Bonchev–Trinajstić information content (AvgIpc) is 2.78. The first-order valence-corrected chi connectivity index (χ1v) is 13.6. The molecule has 1 aromatic carbocycles. The van der Waals surface area contributed by atoms with Crippen molar-refractivity contribution < 1.29 is 19.0 Å². The predicted octanol–water partition coefficient (Wildman–Crippen LogP) is 5.58. The smallest absolute Gasteiger partial charge is 0.140 e. The quantitative estimate of drug-likeness (QED) is 0.301. The van der Waals surface area contributed by atoms with Gasteiger partial charge in [0.15, 0.2) is 0 Å². The van der Waals surface area contributed by atoms with Crippen molar-refractivity contribution in [2.75, 3.05) is 59.3 Å². The summed E-state index contributed by atoms with van der Waals surface area (Å²) in [6.45, 7) is 19.5. The Bertz CT molecular complexity index is 709. The predicted molar refractivity (Wildman–Crippen MR) is 144 cm³/mol. The molecule has 1 aliphatic rings. The van der Waals surface area contributed by atoms with E-state index in [1.54, 1.807) is 0 Å². The largest absolute Gasteiger partial charge is 0.379 e. The lowest BCUT2D eigenvalue weighted by molar-refractivity contribution is -0.127. The minimum absolute atomic E-state index is 0.234. The van der Waals surface area contributed by atoms with Crippen LogP contribution in [0.3, 0.4) is 0 Å². The molecule has 2 rings (SSSR count). The Kier molecular flexibility index (Phi) is 12.9. The topological polar surface area (TPSA) is 48.0 Å². The van der Waals surface area contributed by atoms with E-state index in [1.165, 1.54) is 43.5 Å². The highest BCUT2D eigenvalue weighted by Crippen LogP contribution is 2.24. The van der Waals surface area contributed by atoms with Gasteiger partial charge in [-0.25, -0.2) is 0 Å². The molecule has 0 radical (unpaired) electrons. The molecule has 0 aromatic heterocycles. The number of rotatable bonds is 15. The Labute approximate surface area is 214 Å². The zero-order valence-corrected chi connectivity index (χ0v) is 23.4. The van der Waals surface area contributed by atoms with Crippen molar-refractivity contribution >= 4 is 5.78 Å². The van der Waals surface area contributed by atoms with Gasteiger partial charge in [-0.3, -0.25) is 4.79 Å². The number of carbonyl (C=O) groups is 1. The summed E-state index contributed by atoms with van der Waals surface area (Å²) in [5, 5.41) is 0. The van der Waals surface area contributed by atoms with Gasteiger partial charge in [0.1, 0.15) is 5.78 Å². The van der Waals surface area contributed by atoms with Crippen LogP contribution in [0, 0.1) is 16.7 Å². The fourth-order valence-corrected chi connectivity index (χ4v) is 4.43. The van der Waals surface area contributed by atoms with Gasteiger partial charge in [-0.15, -0.1) is 0 Å². The highest BCUT2D eigenvalue weighted by Gasteiger charge is 2.21. The van der Waals surface area contributed by atoms with E-state index in [1.807, 2.05) is 20.8 Å². The van der Waals surface area contributed by atoms with Gasteiger partial charge in [0, 0.05) is 18.4 Å². The molecule has 1 aromatic rings. The maximum atomic E-state index is 11.8. The lowest BCUT2D eigenvalue weighted by Gasteiger charge is -2.32. The molecule has 0 unspecified atom stereocenters. The van der Waals surface area contributed by atoms with Gasteiger partial charge in [-0.2, -0.15) is 0 Å². The molecule has 1 aliphatic heterocycles. The molecule has 0 amide bonds. The van der Waals surface area contributed by atoms with Crippen LogP contribution in [-0.2, 0) is 31.8 Å². The van der Waals surface area contributed by atoms with Crippen molar-refractivity contribution in [1.29, 1.82) is 0 Å². The van der Waals surface area contributed by atoms with E-state index in [0.717, 1.165) is 25.5 Å². The van der Waals surface area contributed by atoms with E-state index in [0.29, 0.717) is 44.9 Å². The zero-order chi connectivity index (χ0) is 25.7. The molecule has 1 saturated heterocycles. The van der Waals surface area contributed by atoms with Gasteiger partial charge in [-0.05, 0) is 61.2 Å². The van der Waals surface area contributed by atoms with Gasteiger partial charge < -0.3 is 19.1 Å². The Morgan fingerprint density at radius 3 is 1.86 bits per heavy atom. The van der Waals surface area contributed by atoms with Crippen LogP contribution in [0.1, 0.15) is 71.9 Å². The minimum atomic E-state index is -0.286. The summed E-state index contributed by atoms with van der Waals surface area (Å²) in [6.07, 6.45) is 5.35. The van der Waals surface area contributed by atoms with Crippen molar-refractivity contribution in [2.24, 2.45) is 16.7 Å². The number of ether oxygens (including phenoxy) is 3. The third-order valence-corrected chi connectivity index (χ3v) is 6.59. The van der Waals surface area contributed by atoms with E-state index in [-0.39, 0.29) is 11.2 Å². The van der Waals surface area contributed by atoms with Gasteiger partial charge in [0.2, 0.25) is 0 Å². The molecule has 1 heterocycles. The summed E-state index contributed by atoms with van der Waals surface area (Å²) >= 11 is 0. The normalized spacial score (nSPS) is 16.1. The first-order chi connectivity index (χ1) is 16.5. The Morgan fingerprint density at radius 1 is 0.800 bits per heavy atom. The molecule has 0 bridgehead atoms. The fourth-order valence-electron chi connectivity index (χ4n) is 4.43. The second kappa shape index (κ2) is 15.1. The third kappa shape index (κ3) is 13.6. The number of ketones is 1. The van der Waals surface area contributed by atoms with Crippen molar-refractivity contribution in [3.8, 4) is 0 Å². The Morgan fingerprint density at radius 2 is 1.31 bits per heavy atom. The third-order valence-electron chi connectivity index (χ3n) is 6.59. The second-order valence-corrected chi connectivity index (χ2v) is 12.3. The molecule has 0 spiro atoms. The van der Waals surface area contributed by atoms with Gasteiger partial charge in [0.05, 0.1) is 39.6 Å². The standard InChI is InChI=1S/C30H51NO4/c1-29(2,3)24-27-9-7-25(8-10-27)23-26-11-14-31(15-12-26)16-18-34-20-22-35-21-19-33-17-13-28(32)30(4,5)6/h7-10,26H,11-24H2,1-6H3. The fraction of sp³-hybridized carbons (Fsp3) is 0.767. The number of benzene rings is 1. The van der Waals surface area contributed by atoms with Crippen LogP contribution in [-0.4, -0.2) is 70.0 Å². The van der Waals surface area contributed by atoms with Crippen LogP contribution in [0.4, 0.5) is 0 Å². The molecule has 5 nitrogen and oxygen atoms in total. The highest BCUT2D eigenvalue weighted by molar-refractivity contribution is 5.83. The SMILES string of the molecule is CC(C)(C)Cc1ccc(CC2CCN(CCOCCOCCOCCC(=O)C(C)(C)C)CC2)cc1.